The highest BCUT2D eigenvalue weighted by Crippen LogP contribution is 2.26. The number of aromatic nitrogens is 1. The molecule has 1 rings (SSSR count). The molecule has 0 unspecified atom stereocenters. The van der Waals surface area contributed by atoms with Crippen LogP contribution in [0.25, 0.3) is 4.85 Å². The van der Waals surface area contributed by atoms with Crippen LogP contribution in [0.1, 0.15) is 5.69 Å². The minimum absolute atomic E-state index is 0.192. The maximum absolute atomic E-state index is 12.7. The van der Waals surface area contributed by atoms with Crippen molar-refractivity contribution in [2.24, 2.45) is 0 Å². The van der Waals surface area contributed by atoms with E-state index >= 15 is 0 Å². The molecule has 0 aliphatic rings. The Morgan fingerprint density at radius 2 is 2.23 bits per heavy atom. The summed E-state index contributed by atoms with van der Waals surface area (Å²) in [6.45, 7) is 5.28. The summed E-state index contributed by atoms with van der Waals surface area (Å²) in [5.41, 5.74) is -0.333. The van der Waals surface area contributed by atoms with Crippen LogP contribution in [0.4, 0.5) is 14.5 Å². The Hall–Kier alpha value is -1.54. The molecule has 0 aromatic carbocycles. The fourth-order valence-electron chi connectivity index (χ4n) is 0.750. The number of halogens is 2. The molecule has 0 bridgehead atoms. The van der Waals surface area contributed by atoms with Crippen LogP contribution in [0.5, 0.6) is 0 Å². The van der Waals surface area contributed by atoms with Crippen LogP contribution in [0.15, 0.2) is 18.3 Å². The molecule has 68 valence electrons. The van der Waals surface area contributed by atoms with Gasteiger partial charge in [-0.1, -0.05) is 6.07 Å². The summed E-state index contributed by atoms with van der Waals surface area (Å²) in [4.78, 5) is 6.37. The third-order valence-electron chi connectivity index (χ3n) is 1.45. The highest BCUT2D eigenvalue weighted by atomic mass is 19.3. The van der Waals surface area contributed by atoms with E-state index in [-0.39, 0.29) is 5.69 Å². The molecule has 0 amide bonds. The number of hydrogen-bond donors (Lipinski definition) is 1. The quantitative estimate of drug-likeness (QED) is 0.710. The van der Waals surface area contributed by atoms with E-state index in [4.69, 9.17) is 11.7 Å². The lowest BCUT2D eigenvalue weighted by Crippen LogP contribution is -2.19. The lowest BCUT2D eigenvalue weighted by molar-refractivity contribution is -0.0592. The van der Waals surface area contributed by atoms with Crippen molar-refractivity contribution in [3.63, 3.8) is 0 Å². The maximum Gasteiger partial charge on any atom is 0.312 e. The molecule has 0 spiro atoms. The van der Waals surface area contributed by atoms with Gasteiger partial charge in [-0.25, -0.2) is 4.85 Å². The van der Waals surface area contributed by atoms with Gasteiger partial charge in [0.25, 0.3) is 0 Å². The molecule has 3 nitrogen and oxygen atoms in total. The van der Waals surface area contributed by atoms with E-state index in [1.165, 1.54) is 6.07 Å². The Kier molecular flexibility index (Phi) is 2.54. The Labute approximate surface area is 73.5 Å². The van der Waals surface area contributed by atoms with Gasteiger partial charge in [0.05, 0.1) is 6.57 Å². The summed E-state index contributed by atoms with van der Waals surface area (Å²) >= 11 is 0. The third kappa shape index (κ3) is 1.98. The molecule has 13 heavy (non-hydrogen) atoms. The number of aliphatic hydroxyl groups is 1. The van der Waals surface area contributed by atoms with Crippen LogP contribution >= 0.6 is 0 Å². The van der Waals surface area contributed by atoms with E-state index in [0.29, 0.717) is 0 Å². The molecule has 0 radical (unpaired) electrons. The molecule has 0 fully saturated rings. The van der Waals surface area contributed by atoms with E-state index in [9.17, 15) is 8.78 Å². The number of rotatable bonds is 2. The fraction of sp³-hybridized carbons (Fsp3) is 0.250. The molecule has 0 aliphatic heterocycles. The van der Waals surface area contributed by atoms with E-state index in [1.807, 2.05) is 0 Å². The molecule has 0 atom stereocenters. The fourth-order valence-corrected chi connectivity index (χ4v) is 0.750. The molecular weight excluding hydrogens is 178 g/mol. The highest BCUT2D eigenvalue weighted by Gasteiger charge is 2.31. The van der Waals surface area contributed by atoms with Gasteiger partial charge in [0.2, 0.25) is 5.69 Å². The van der Waals surface area contributed by atoms with Crippen LogP contribution in [-0.2, 0) is 5.92 Å². The average Bonchev–Trinajstić information content (AvgIpc) is 2.18. The van der Waals surface area contributed by atoms with Crippen molar-refractivity contribution in [1.82, 2.24) is 4.98 Å². The van der Waals surface area contributed by atoms with Crippen molar-refractivity contribution < 1.29 is 13.9 Å². The van der Waals surface area contributed by atoms with Crippen LogP contribution in [0.2, 0.25) is 0 Å². The van der Waals surface area contributed by atoms with E-state index < -0.39 is 18.2 Å². The van der Waals surface area contributed by atoms with Crippen molar-refractivity contribution in [3.8, 4) is 0 Å². The second-order valence-electron chi connectivity index (χ2n) is 2.38. The monoisotopic (exact) mass is 184 g/mol. The van der Waals surface area contributed by atoms with Crippen molar-refractivity contribution in [1.29, 1.82) is 0 Å². The Balaban J connectivity index is 3.00. The molecule has 0 saturated heterocycles. The normalized spacial score (nSPS) is 10.9. The zero-order chi connectivity index (χ0) is 9.90. The Morgan fingerprint density at radius 3 is 2.62 bits per heavy atom. The maximum atomic E-state index is 12.7. The Bertz CT molecular complexity index is 329. The SMILES string of the molecule is [C-]#[N+]c1ccc(C(F)(F)CO)nc1. The van der Waals surface area contributed by atoms with Crippen LogP contribution < -0.4 is 0 Å². The van der Waals surface area contributed by atoms with E-state index in [0.717, 1.165) is 12.3 Å². The van der Waals surface area contributed by atoms with Gasteiger partial charge < -0.3 is 5.11 Å². The molecule has 1 aromatic rings. The number of hydrogen-bond acceptors (Lipinski definition) is 2. The van der Waals surface area contributed by atoms with Gasteiger partial charge in [-0.3, -0.25) is 4.98 Å². The van der Waals surface area contributed by atoms with Crippen molar-refractivity contribution in [3.05, 3.63) is 35.4 Å². The van der Waals surface area contributed by atoms with Crippen LogP contribution in [0.3, 0.4) is 0 Å². The van der Waals surface area contributed by atoms with Gasteiger partial charge in [-0.2, -0.15) is 8.78 Å². The second-order valence-corrected chi connectivity index (χ2v) is 2.38. The summed E-state index contributed by atoms with van der Waals surface area (Å²) in [6, 6.07) is 2.27. The van der Waals surface area contributed by atoms with Crippen molar-refractivity contribution >= 4 is 5.69 Å². The van der Waals surface area contributed by atoms with E-state index in [2.05, 4.69) is 9.83 Å². The van der Waals surface area contributed by atoms with Gasteiger partial charge in [-0.15, -0.1) is 0 Å². The topological polar surface area (TPSA) is 37.5 Å². The highest BCUT2D eigenvalue weighted by molar-refractivity contribution is 5.42. The minimum atomic E-state index is -3.33. The minimum Gasteiger partial charge on any atom is -0.390 e. The van der Waals surface area contributed by atoms with Crippen molar-refractivity contribution in [2.45, 2.75) is 5.92 Å². The predicted molar refractivity (Wildman–Crippen MR) is 41.5 cm³/mol. The number of nitrogens with zero attached hydrogens (tertiary/aromatic N) is 2. The first-order chi connectivity index (χ1) is 6.10. The van der Waals surface area contributed by atoms with Gasteiger partial charge in [0, 0.05) is 6.20 Å². The van der Waals surface area contributed by atoms with Gasteiger partial charge in [0.15, 0.2) is 0 Å². The van der Waals surface area contributed by atoms with Crippen molar-refractivity contribution in [2.75, 3.05) is 6.61 Å². The third-order valence-corrected chi connectivity index (χ3v) is 1.45. The Morgan fingerprint density at radius 1 is 1.54 bits per heavy atom. The second kappa shape index (κ2) is 3.46. The molecule has 1 N–H and O–H groups in total. The predicted octanol–water partition coefficient (Wildman–Crippen LogP) is 1.72. The van der Waals surface area contributed by atoms with Crippen LogP contribution in [-0.4, -0.2) is 16.7 Å². The molecule has 5 heteroatoms. The van der Waals surface area contributed by atoms with Crippen LogP contribution in [0, 0.1) is 6.57 Å². The number of alkyl halides is 2. The largest absolute Gasteiger partial charge is 0.390 e. The number of aliphatic hydroxyl groups excluding tert-OH is 1. The summed E-state index contributed by atoms with van der Waals surface area (Å²) in [5, 5.41) is 8.32. The standard InChI is InChI=1S/C8H6F2N2O/c1-11-6-2-3-7(12-4-6)8(9,10)5-13/h2-4,13H,5H2. The average molecular weight is 184 g/mol. The smallest absolute Gasteiger partial charge is 0.312 e. The first-order valence-electron chi connectivity index (χ1n) is 3.43. The zero-order valence-corrected chi connectivity index (χ0v) is 6.54. The van der Waals surface area contributed by atoms with Gasteiger partial charge in [-0.05, 0) is 6.07 Å². The molecule has 1 heterocycles. The molecule has 0 saturated carbocycles. The first kappa shape index (κ1) is 9.55. The lowest BCUT2D eigenvalue weighted by atomic mass is 10.2. The van der Waals surface area contributed by atoms with Gasteiger partial charge >= 0.3 is 5.92 Å². The number of pyridine rings is 1. The van der Waals surface area contributed by atoms with E-state index in [1.54, 1.807) is 0 Å². The van der Waals surface area contributed by atoms with Gasteiger partial charge in [0.1, 0.15) is 12.3 Å². The summed E-state index contributed by atoms with van der Waals surface area (Å²) in [5.74, 6) is -3.33. The molecule has 1 aromatic heterocycles. The first-order valence-corrected chi connectivity index (χ1v) is 3.43. The summed E-state index contributed by atoms with van der Waals surface area (Å²) in [7, 11) is 0. The molecular formula is C8H6F2N2O. The molecule has 0 aliphatic carbocycles. The summed E-state index contributed by atoms with van der Waals surface area (Å²) in [6.07, 6.45) is 1.05. The summed E-state index contributed by atoms with van der Waals surface area (Å²) < 4.78 is 25.5. The lowest BCUT2D eigenvalue weighted by Gasteiger charge is -2.11. The zero-order valence-electron chi connectivity index (χ0n) is 6.54.